The number of fused-ring (bicyclic) bond motifs is 1. The molecule has 4 nitrogen and oxygen atoms in total. The van der Waals surface area contributed by atoms with Gasteiger partial charge in [-0.15, -0.1) is 11.3 Å². The van der Waals surface area contributed by atoms with Crippen LogP contribution in [0.15, 0.2) is 0 Å². The van der Waals surface area contributed by atoms with Gasteiger partial charge in [0.2, 0.25) is 0 Å². The fraction of sp³-hybridized carbons (Fsp3) is 0.500. The van der Waals surface area contributed by atoms with Crippen molar-refractivity contribution < 1.29 is 4.79 Å². The first kappa shape index (κ1) is 10.4. The Balaban J connectivity index is 2.49. The summed E-state index contributed by atoms with van der Waals surface area (Å²) >= 11 is 1.64. The van der Waals surface area contributed by atoms with Crippen molar-refractivity contribution in [1.82, 2.24) is 4.90 Å². The van der Waals surface area contributed by atoms with Crippen LogP contribution in [0, 0.1) is 0 Å². The molecule has 1 amide bonds. The Hall–Kier alpha value is -1.07. The van der Waals surface area contributed by atoms with Crippen molar-refractivity contribution in [1.29, 1.82) is 0 Å². The molecule has 0 unspecified atom stereocenters. The predicted molar refractivity (Wildman–Crippen MR) is 62.4 cm³/mol. The van der Waals surface area contributed by atoms with Crippen LogP contribution in [0.5, 0.6) is 0 Å². The number of primary amides is 1. The summed E-state index contributed by atoms with van der Waals surface area (Å²) in [6.07, 6.45) is 0.919. The molecule has 0 saturated carbocycles. The number of rotatable bonds is 2. The topological polar surface area (TPSA) is 58.4 Å². The van der Waals surface area contributed by atoms with Crippen molar-refractivity contribution in [2.24, 2.45) is 5.73 Å². The maximum atomic E-state index is 11.4. The van der Waals surface area contributed by atoms with Gasteiger partial charge in [0.25, 0.3) is 5.91 Å². The molecular weight excluding hydrogens is 210 g/mol. The highest BCUT2D eigenvalue weighted by atomic mass is 32.1. The summed E-state index contributed by atoms with van der Waals surface area (Å²) < 4.78 is 0. The number of nitrogens with zero attached hydrogens (tertiary/aromatic N) is 1. The Labute approximate surface area is 93.1 Å². The number of nitrogens with one attached hydrogen (secondary N) is 1. The number of thiophene rings is 1. The van der Waals surface area contributed by atoms with Crippen LogP contribution in [0.1, 0.15) is 20.8 Å². The first-order valence-electron chi connectivity index (χ1n) is 4.94. The number of hydrogen-bond donors (Lipinski definition) is 2. The number of anilines is 1. The molecule has 5 heteroatoms. The number of hydrogen-bond acceptors (Lipinski definition) is 4. The van der Waals surface area contributed by atoms with Crippen molar-refractivity contribution in [2.75, 3.05) is 26.0 Å². The van der Waals surface area contributed by atoms with E-state index < -0.39 is 0 Å². The lowest BCUT2D eigenvalue weighted by atomic mass is 10.0. The molecule has 1 aromatic rings. The van der Waals surface area contributed by atoms with Crippen LogP contribution in [-0.2, 0) is 13.0 Å². The highest BCUT2D eigenvalue weighted by Gasteiger charge is 2.24. The Kier molecular flexibility index (Phi) is 2.67. The molecular formula is C10H15N3OS. The molecule has 0 bridgehead atoms. The quantitative estimate of drug-likeness (QED) is 0.785. The number of carbonyl (C=O) groups excluding carboxylic acids is 1. The van der Waals surface area contributed by atoms with Crippen LogP contribution in [0.4, 0.5) is 5.00 Å². The van der Waals surface area contributed by atoms with Gasteiger partial charge in [-0.2, -0.15) is 0 Å². The van der Waals surface area contributed by atoms with E-state index in [9.17, 15) is 4.79 Å². The maximum absolute atomic E-state index is 11.4. The van der Waals surface area contributed by atoms with Crippen LogP contribution < -0.4 is 11.1 Å². The van der Waals surface area contributed by atoms with Crippen LogP contribution in [0.3, 0.4) is 0 Å². The molecule has 3 N–H and O–H groups in total. The average molecular weight is 225 g/mol. The van der Waals surface area contributed by atoms with E-state index in [1.165, 1.54) is 4.88 Å². The minimum absolute atomic E-state index is 0.318. The summed E-state index contributed by atoms with van der Waals surface area (Å²) in [6, 6.07) is 0. The predicted octanol–water partition coefficient (Wildman–Crippen LogP) is 0.877. The summed E-state index contributed by atoms with van der Waals surface area (Å²) in [5, 5.41) is 3.95. The molecule has 2 rings (SSSR count). The number of likely N-dealkylation sites (N-methyl/N-ethyl adjacent to an activating group) is 1. The minimum Gasteiger partial charge on any atom is -0.379 e. The van der Waals surface area contributed by atoms with Crippen molar-refractivity contribution in [3.05, 3.63) is 16.0 Å². The summed E-state index contributed by atoms with van der Waals surface area (Å²) in [4.78, 5) is 14.9. The number of carbonyl (C=O) groups is 1. The second-order valence-electron chi connectivity index (χ2n) is 3.81. The molecule has 15 heavy (non-hydrogen) atoms. The fourth-order valence-electron chi connectivity index (χ4n) is 1.97. The second kappa shape index (κ2) is 3.83. The second-order valence-corrected chi connectivity index (χ2v) is 4.92. The molecule has 0 aliphatic carbocycles. The molecule has 1 aromatic heterocycles. The average Bonchev–Trinajstić information content (AvgIpc) is 2.54. The molecule has 0 aromatic carbocycles. The zero-order valence-corrected chi connectivity index (χ0v) is 9.78. The Morgan fingerprint density at radius 3 is 2.93 bits per heavy atom. The molecule has 0 saturated heterocycles. The monoisotopic (exact) mass is 225 g/mol. The standard InChI is InChI=1S/C10H15N3OS/c1-12-10-8(9(11)14)6-3-4-13(2)5-7(6)15-10/h12H,3-5H2,1-2H3,(H2,11,14). The van der Waals surface area contributed by atoms with E-state index in [4.69, 9.17) is 5.73 Å². The summed E-state index contributed by atoms with van der Waals surface area (Å²) in [7, 11) is 3.92. The van der Waals surface area contributed by atoms with Crippen molar-refractivity contribution in [3.63, 3.8) is 0 Å². The van der Waals surface area contributed by atoms with Crippen molar-refractivity contribution in [2.45, 2.75) is 13.0 Å². The molecule has 2 heterocycles. The SMILES string of the molecule is CNc1sc2c(c1C(N)=O)CCN(C)C2. The third-order valence-corrected chi connectivity index (χ3v) is 3.96. The smallest absolute Gasteiger partial charge is 0.251 e. The maximum Gasteiger partial charge on any atom is 0.251 e. The van der Waals surface area contributed by atoms with Gasteiger partial charge in [0.05, 0.1) is 5.56 Å². The van der Waals surface area contributed by atoms with Crippen molar-refractivity contribution in [3.8, 4) is 0 Å². The van der Waals surface area contributed by atoms with E-state index in [-0.39, 0.29) is 5.91 Å². The van der Waals surface area contributed by atoms with Crippen molar-refractivity contribution >= 4 is 22.2 Å². The van der Waals surface area contributed by atoms with Gasteiger partial charge in [0.1, 0.15) is 5.00 Å². The lowest BCUT2D eigenvalue weighted by Crippen LogP contribution is -2.27. The molecule has 0 fully saturated rings. The Morgan fingerprint density at radius 1 is 1.60 bits per heavy atom. The molecule has 1 aliphatic rings. The van der Waals surface area contributed by atoms with Gasteiger partial charge in [0.15, 0.2) is 0 Å². The molecule has 0 radical (unpaired) electrons. The third-order valence-electron chi connectivity index (χ3n) is 2.72. The molecule has 0 atom stereocenters. The first-order chi connectivity index (χ1) is 7.13. The van der Waals surface area contributed by atoms with Gasteiger partial charge >= 0.3 is 0 Å². The van der Waals surface area contributed by atoms with Gasteiger partial charge in [-0.05, 0) is 19.0 Å². The highest BCUT2D eigenvalue weighted by Crippen LogP contribution is 2.36. The molecule has 82 valence electrons. The minimum atomic E-state index is -0.318. The summed E-state index contributed by atoms with van der Waals surface area (Å²) in [5.74, 6) is -0.318. The normalized spacial score (nSPS) is 16.1. The third kappa shape index (κ3) is 1.72. The van der Waals surface area contributed by atoms with Crippen LogP contribution in [-0.4, -0.2) is 31.4 Å². The van der Waals surface area contributed by atoms with E-state index in [1.807, 2.05) is 7.05 Å². The van der Waals surface area contributed by atoms with Crippen LogP contribution >= 0.6 is 11.3 Å². The Bertz CT molecular complexity index is 400. The largest absolute Gasteiger partial charge is 0.379 e. The van der Waals surface area contributed by atoms with E-state index in [2.05, 4.69) is 17.3 Å². The van der Waals surface area contributed by atoms with E-state index in [0.29, 0.717) is 5.56 Å². The van der Waals surface area contributed by atoms with Gasteiger partial charge < -0.3 is 16.0 Å². The highest BCUT2D eigenvalue weighted by molar-refractivity contribution is 7.16. The summed E-state index contributed by atoms with van der Waals surface area (Å²) in [5.41, 5.74) is 7.26. The summed E-state index contributed by atoms with van der Waals surface area (Å²) in [6.45, 7) is 1.91. The lowest BCUT2D eigenvalue weighted by Gasteiger charge is -2.22. The van der Waals surface area contributed by atoms with E-state index >= 15 is 0 Å². The van der Waals surface area contributed by atoms with E-state index in [1.54, 1.807) is 11.3 Å². The van der Waals surface area contributed by atoms with E-state index in [0.717, 1.165) is 30.1 Å². The zero-order chi connectivity index (χ0) is 11.0. The molecule has 0 spiro atoms. The zero-order valence-electron chi connectivity index (χ0n) is 8.96. The van der Waals surface area contributed by atoms with Gasteiger partial charge in [-0.3, -0.25) is 4.79 Å². The number of nitrogens with two attached hydrogens (primary N) is 1. The van der Waals surface area contributed by atoms with Crippen LogP contribution in [0.25, 0.3) is 0 Å². The first-order valence-corrected chi connectivity index (χ1v) is 5.75. The van der Waals surface area contributed by atoms with Gasteiger partial charge in [0, 0.05) is 25.0 Å². The van der Waals surface area contributed by atoms with Crippen LogP contribution in [0.2, 0.25) is 0 Å². The van der Waals surface area contributed by atoms with Gasteiger partial charge in [-0.1, -0.05) is 0 Å². The molecule has 1 aliphatic heterocycles. The fourth-order valence-corrected chi connectivity index (χ4v) is 3.25. The number of amides is 1. The lowest BCUT2D eigenvalue weighted by molar-refractivity contribution is 0.1000. The Morgan fingerprint density at radius 2 is 2.33 bits per heavy atom. The van der Waals surface area contributed by atoms with Gasteiger partial charge in [-0.25, -0.2) is 0 Å².